The number of halogens is 3. The Morgan fingerprint density at radius 3 is 2.74 bits per heavy atom. The maximum atomic E-state index is 12.4. The molecule has 2 heterocycles. The van der Waals surface area contributed by atoms with Crippen LogP contribution in [0.15, 0.2) is 18.3 Å². The van der Waals surface area contributed by atoms with E-state index >= 15 is 0 Å². The minimum atomic E-state index is -4.33. The number of pyridine rings is 1. The van der Waals surface area contributed by atoms with Gasteiger partial charge >= 0.3 is 6.18 Å². The topological polar surface area (TPSA) is 37.0 Å². The van der Waals surface area contributed by atoms with Gasteiger partial charge in [0.25, 0.3) is 0 Å². The Kier molecular flexibility index (Phi) is 3.99. The van der Waals surface area contributed by atoms with E-state index in [1.807, 2.05) is 0 Å². The molecule has 1 saturated heterocycles. The van der Waals surface area contributed by atoms with Gasteiger partial charge in [-0.15, -0.1) is 0 Å². The number of hydrogen-bond acceptors (Lipinski definition) is 3. The number of aromatic nitrogens is 1. The summed E-state index contributed by atoms with van der Waals surface area (Å²) in [5.74, 6) is 0.486. The number of nitrogens with one attached hydrogen (secondary N) is 2. The number of nitrogens with zero attached hydrogens (tertiary/aromatic N) is 1. The average Bonchev–Trinajstić information content (AvgIpc) is 2.37. The Morgan fingerprint density at radius 2 is 2.21 bits per heavy atom. The summed E-state index contributed by atoms with van der Waals surface area (Å²) in [4.78, 5) is 3.81. The van der Waals surface area contributed by atoms with E-state index in [4.69, 9.17) is 0 Å². The van der Waals surface area contributed by atoms with Crippen LogP contribution in [-0.4, -0.2) is 24.6 Å². The van der Waals surface area contributed by atoms with Crippen LogP contribution in [0.25, 0.3) is 0 Å². The fraction of sp³-hybridized carbons (Fsp3) is 0.615. The summed E-state index contributed by atoms with van der Waals surface area (Å²) in [5, 5.41) is 6.45. The van der Waals surface area contributed by atoms with E-state index < -0.39 is 11.7 Å². The largest absolute Gasteiger partial charge is 0.417 e. The van der Waals surface area contributed by atoms with Gasteiger partial charge in [-0.1, -0.05) is 6.92 Å². The molecule has 6 heteroatoms. The molecule has 0 bridgehead atoms. The van der Waals surface area contributed by atoms with Crippen LogP contribution in [0.5, 0.6) is 0 Å². The molecule has 1 fully saturated rings. The Bertz CT molecular complexity index is 408. The van der Waals surface area contributed by atoms with Crippen LogP contribution in [0.3, 0.4) is 0 Å². The second-order valence-electron chi connectivity index (χ2n) is 5.37. The Morgan fingerprint density at radius 1 is 1.42 bits per heavy atom. The molecular weight excluding hydrogens is 255 g/mol. The summed E-state index contributed by atoms with van der Waals surface area (Å²) in [6.07, 6.45) is -1.24. The smallest absolute Gasteiger partial charge is 0.369 e. The zero-order valence-electron chi connectivity index (χ0n) is 10.8. The highest BCUT2D eigenvalue weighted by molar-refractivity contribution is 5.36. The van der Waals surface area contributed by atoms with Crippen LogP contribution in [0.1, 0.15) is 25.3 Å². The van der Waals surface area contributed by atoms with Gasteiger partial charge in [-0.05, 0) is 36.9 Å². The van der Waals surface area contributed by atoms with Crippen molar-refractivity contribution in [3.8, 4) is 0 Å². The van der Waals surface area contributed by atoms with Crippen molar-refractivity contribution in [2.45, 2.75) is 25.9 Å². The molecule has 0 spiro atoms. The maximum Gasteiger partial charge on any atom is 0.417 e. The van der Waals surface area contributed by atoms with Crippen molar-refractivity contribution >= 4 is 5.82 Å². The lowest BCUT2D eigenvalue weighted by atomic mass is 9.83. The van der Waals surface area contributed by atoms with Crippen molar-refractivity contribution in [2.75, 3.05) is 25.0 Å². The Hall–Kier alpha value is -1.30. The minimum Gasteiger partial charge on any atom is -0.369 e. The molecule has 0 aromatic carbocycles. The van der Waals surface area contributed by atoms with Crippen molar-refractivity contribution in [3.63, 3.8) is 0 Å². The molecule has 1 unspecified atom stereocenters. The van der Waals surface area contributed by atoms with Gasteiger partial charge in [0, 0.05) is 19.3 Å². The van der Waals surface area contributed by atoms with Gasteiger partial charge in [0.05, 0.1) is 5.56 Å². The number of rotatable bonds is 3. The van der Waals surface area contributed by atoms with Gasteiger partial charge in [-0.2, -0.15) is 13.2 Å². The minimum absolute atomic E-state index is 0.128. The Balaban J connectivity index is 1.93. The van der Waals surface area contributed by atoms with Crippen molar-refractivity contribution < 1.29 is 13.2 Å². The highest BCUT2D eigenvalue weighted by Gasteiger charge is 2.31. The lowest BCUT2D eigenvalue weighted by Crippen LogP contribution is -2.42. The van der Waals surface area contributed by atoms with E-state index in [1.54, 1.807) is 0 Å². The second-order valence-corrected chi connectivity index (χ2v) is 5.37. The molecule has 19 heavy (non-hydrogen) atoms. The summed E-state index contributed by atoms with van der Waals surface area (Å²) in [6.45, 7) is 4.82. The average molecular weight is 273 g/mol. The molecular formula is C13H18F3N3. The molecule has 0 radical (unpaired) electrons. The molecule has 2 rings (SSSR count). The fourth-order valence-electron chi connectivity index (χ4n) is 2.24. The van der Waals surface area contributed by atoms with Crippen LogP contribution >= 0.6 is 0 Å². The van der Waals surface area contributed by atoms with E-state index in [-0.39, 0.29) is 5.41 Å². The molecule has 0 saturated carbocycles. The lowest BCUT2D eigenvalue weighted by Gasteiger charge is -2.34. The lowest BCUT2D eigenvalue weighted by molar-refractivity contribution is -0.137. The van der Waals surface area contributed by atoms with Crippen LogP contribution < -0.4 is 10.6 Å². The third-order valence-corrected chi connectivity index (χ3v) is 3.47. The predicted octanol–water partition coefficient (Wildman–Crippen LogP) is 2.90. The van der Waals surface area contributed by atoms with Gasteiger partial charge in [0.1, 0.15) is 5.82 Å². The molecule has 2 N–H and O–H groups in total. The first kappa shape index (κ1) is 14.1. The summed E-state index contributed by atoms with van der Waals surface area (Å²) < 4.78 is 37.2. The third kappa shape index (κ3) is 3.83. The molecule has 0 amide bonds. The van der Waals surface area contributed by atoms with Gasteiger partial charge in [-0.3, -0.25) is 0 Å². The van der Waals surface area contributed by atoms with E-state index in [0.717, 1.165) is 38.2 Å². The van der Waals surface area contributed by atoms with Crippen LogP contribution in [-0.2, 0) is 6.18 Å². The van der Waals surface area contributed by atoms with E-state index in [2.05, 4.69) is 22.5 Å². The van der Waals surface area contributed by atoms with Crippen LogP contribution in [0.2, 0.25) is 0 Å². The summed E-state index contributed by atoms with van der Waals surface area (Å²) in [7, 11) is 0. The van der Waals surface area contributed by atoms with E-state index in [1.165, 1.54) is 6.07 Å². The number of alkyl halides is 3. The van der Waals surface area contributed by atoms with Gasteiger partial charge in [0.15, 0.2) is 0 Å². The van der Waals surface area contributed by atoms with Crippen molar-refractivity contribution in [3.05, 3.63) is 23.9 Å². The van der Waals surface area contributed by atoms with Crippen molar-refractivity contribution in [2.24, 2.45) is 5.41 Å². The quantitative estimate of drug-likeness (QED) is 0.889. The first-order valence-corrected chi connectivity index (χ1v) is 6.37. The molecule has 1 aromatic rings. The molecule has 3 nitrogen and oxygen atoms in total. The van der Waals surface area contributed by atoms with Crippen molar-refractivity contribution in [1.29, 1.82) is 0 Å². The molecule has 1 aromatic heterocycles. The zero-order chi connectivity index (χ0) is 13.9. The monoisotopic (exact) mass is 273 g/mol. The SMILES string of the molecule is CC1(CNc2ccc(C(F)(F)F)cn2)CCCNC1. The normalized spacial score (nSPS) is 24.2. The number of anilines is 1. The third-order valence-electron chi connectivity index (χ3n) is 3.47. The van der Waals surface area contributed by atoms with Crippen LogP contribution in [0, 0.1) is 5.41 Å². The van der Waals surface area contributed by atoms with Crippen molar-refractivity contribution in [1.82, 2.24) is 10.3 Å². The fourth-order valence-corrected chi connectivity index (χ4v) is 2.24. The summed E-state index contributed by atoms with van der Waals surface area (Å²) in [5.41, 5.74) is -0.591. The van der Waals surface area contributed by atoms with E-state index in [0.29, 0.717) is 12.4 Å². The van der Waals surface area contributed by atoms with Crippen LogP contribution in [0.4, 0.5) is 19.0 Å². The number of hydrogen-bond donors (Lipinski definition) is 2. The summed E-state index contributed by atoms with van der Waals surface area (Å²) in [6, 6.07) is 2.43. The zero-order valence-corrected chi connectivity index (χ0v) is 10.8. The molecule has 106 valence electrons. The van der Waals surface area contributed by atoms with Gasteiger partial charge in [0.2, 0.25) is 0 Å². The standard InChI is InChI=1S/C13H18F3N3/c1-12(5-2-6-17-8-12)9-19-11-4-3-10(7-18-11)13(14,15)16/h3-4,7,17H,2,5-6,8-9H2,1H3,(H,18,19). The summed E-state index contributed by atoms with van der Waals surface area (Å²) >= 11 is 0. The van der Waals surface area contributed by atoms with E-state index in [9.17, 15) is 13.2 Å². The van der Waals surface area contributed by atoms with Gasteiger partial charge < -0.3 is 10.6 Å². The molecule has 0 aliphatic carbocycles. The molecule has 1 atom stereocenters. The Labute approximate surface area is 110 Å². The second kappa shape index (κ2) is 5.36. The van der Waals surface area contributed by atoms with Gasteiger partial charge in [-0.25, -0.2) is 4.98 Å². The number of piperidine rings is 1. The predicted molar refractivity (Wildman–Crippen MR) is 67.9 cm³/mol. The molecule has 1 aliphatic heterocycles. The highest BCUT2D eigenvalue weighted by Crippen LogP contribution is 2.29. The first-order chi connectivity index (χ1) is 8.89. The maximum absolute atomic E-state index is 12.4. The highest BCUT2D eigenvalue weighted by atomic mass is 19.4. The molecule has 1 aliphatic rings. The first-order valence-electron chi connectivity index (χ1n) is 6.37.